The number of ether oxygens (including phenoxy) is 2. The highest BCUT2D eigenvalue weighted by atomic mass is 16.6. The van der Waals surface area contributed by atoms with Gasteiger partial charge in [-0.2, -0.15) is 0 Å². The maximum atomic E-state index is 11.0. The summed E-state index contributed by atoms with van der Waals surface area (Å²) in [5, 5.41) is 9.35. The third-order valence-electron chi connectivity index (χ3n) is 1.85. The zero-order valence-corrected chi connectivity index (χ0v) is 7.16. The number of rotatable bonds is 3. The number of carbonyl (C=O) groups is 1. The fourth-order valence-corrected chi connectivity index (χ4v) is 1.23. The summed E-state index contributed by atoms with van der Waals surface area (Å²) in [7, 11) is 0. The molecular formula is C8H14O4. The molecule has 0 saturated carbocycles. The van der Waals surface area contributed by atoms with Crippen molar-refractivity contribution in [3.8, 4) is 0 Å². The van der Waals surface area contributed by atoms with E-state index in [1.54, 1.807) is 6.92 Å². The number of esters is 1. The van der Waals surface area contributed by atoms with Gasteiger partial charge in [0.2, 0.25) is 0 Å². The van der Waals surface area contributed by atoms with Crippen LogP contribution in [-0.4, -0.2) is 36.5 Å². The first-order valence-corrected chi connectivity index (χ1v) is 4.22. The van der Waals surface area contributed by atoms with Crippen LogP contribution in [0.5, 0.6) is 0 Å². The van der Waals surface area contributed by atoms with E-state index >= 15 is 0 Å². The molecule has 0 aromatic rings. The smallest absolute Gasteiger partial charge is 0.337 e. The number of carbonyl (C=O) groups excluding carboxylic acids is 1. The van der Waals surface area contributed by atoms with Gasteiger partial charge in [0.25, 0.3) is 0 Å². The van der Waals surface area contributed by atoms with Crippen LogP contribution in [0.2, 0.25) is 0 Å². The molecule has 0 amide bonds. The van der Waals surface area contributed by atoms with E-state index in [1.165, 1.54) is 0 Å². The van der Waals surface area contributed by atoms with Crippen molar-refractivity contribution in [1.82, 2.24) is 0 Å². The molecule has 0 spiro atoms. The minimum Gasteiger partial charge on any atom is -0.464 e. The minimum atomic E-state index is -1.10. The SMILES string of the molecule is CCOC(=O)C(O)C1CCCO1. The van der Waals surface area contributed by atoms with Gasteiger partial charge in [0.15, 0.2) is 6.10 Å². The summed E-state index contributed by atoms with van der Waals surface area (Å²) >= 11 is 0. The van der Waals surface area contributed by atoms with Crippen LogP contribution in [0.1, 0.15) is 19.8 Å². The topological polar surface area (TPSA) is 55.8 Å². The Bertz CT molecular complexity index is 151. The maximum absolute atomic E-state index is 11.0. The van der Waals surface area contributed by atoms with Gasteiger partial charge in [0, 0.05) is 6.61 Å². The Balaban J connectivity index is 2.34. The molecule has 0 bridgehead atoms. The Morgan fingerprint density at radius 3 is 3.08 bits per heavy atom. The monoisotopic (exact) mass is 174 g/mol. The summed E-state index contributed by atoms with van der Waals surface area (Å²) in [5.41, 5.74) is 0. The Morgan fingerprint density at radius 1 is 1.83 bits per heavy atom. The first kappa shape index (κ1) is 9.48. The molecule has 2 unspecified atom stereocenters. The third kappa shape index (κ3) is 2.19. The second-order valence-corrected chi connectivity index (χ2v) is 2.75. The summed E-state index contributed by atoms with van der Waals surface area (Å²) in [4.78, 5) is 11.0. The molecule has 1 aliphatic heterocycles. The van der Waals surface area contributed by atoms with Gasteiger partial charge in [-0.15, -0.1) is 0 Å². The van der Waals surface area contributed by atoms with Crippen molar-refractivity contribution in [1.29, 1.82) is 0 Å². The van der Waals surface area contributed by atoms with Crippen LogP contribution in [0.25, 0.3) is 0 Å². The molecule has 12 heavy (non-hydrogen) atoms. The molecular weight excluding hydrogens is 160 g/mol. The van der Waals surface area contributed by atoms with E-state index in [-0.39, 0.29) is 6.10 Å². The highest BCUT2D eigenvalue weighted by Gasteiger charge is 2.30. The van der Waals surface area contributed by atoms with Gasteiger partial charge >= 0.3 is 5.97 Å². The predicted molar refractivity (Wildman–Crippen MR) is 41.6 cm³/mol. The largest absolute Gasteiger partial charge is 0.464 e. The molecule has 4 nitrogen and oxygen atoms in total. The molecule has 1 fully saturated rings. The Morgan fingerprint density at radius 2 is 2.58 bits per heavy atom. The van der Waals surface area contributed by atoms with Crippen molar-refractivity contribution in [3.63, 3.8) is 0 Å². The van der Waals surface area contributed by atoms with Crippen LogP contribution in [-0.2, 0) is 14.3 Å². The normalized spacial score (nSPS) is 25.3. The molecule has 1 rings (SSSR count). The van der Waals surface area contributed by atoms with E-state index in [2.05, 4.69) is 4.74 Å². The van der Waals surface area contributed by atoms with Gasteiger partial charge in [-0.1, -0.05) is 0 Å². The first-order chi connectivity index (χ1) is 5.75. The minimum absolute atomic E-state index is 0.294. The average molecular weight is 174 g/mol. The third-order valence-corrected chi connectivity index (χ3v) is 1.85. The number of aliphatic hydroxyl groups excluding tert-OH is 1. The summed E-state index contributed by atoms with van der Waals surface area (Å²) < 4.78 is 9.78. The molecule has 1 heterocycles. The molecule has 2 atom stereocenters. The van der Waals surface area contributed by atoms with Crippen LogP contribution >= 0.6 is 0 Å². The summed E-state index contributed by atoms with van der Waals surface area (Å²) in [6, 6.07) is 0. The number of hydrogen-bond donors (Lipinski definition) is 1. The van der Waals surface area contributed by atoms with E-state index in [4.69, 9.17) is 4.74 Å². The van der Waals surface area contributed by atoms with Crippen molar-refractivity contribution < 1.29 is 19.4 Å². The lowest BCUT2D eigenvalue weighted by Crippen LogP contribution is -2.34. The molecule has 1 aliphatic rings. The average Bonchev–Trinajstić information content (AvgIpc) is 2.55. The van der Waals surface area contributed by atoms with Crippen molar-refractivity contribution in [2.24, 2.45) is 0 Å². The van der Waals surface area contributed by atoms with Crippen LogP contribution in [0.4, 0.5) is 0 Å². The standard InChI is InChI=1S/C8H14O4/c1-2-11-8(10)7(9)6-4-3-5-12-6/h6-7,9H,2-5H2,1H3. The zero-order chi connectivity index (χ0) is 8.97. The van der Waals surface area contributed by atoms with Gasteiger partial charge < -0.3 is 14.6 Å². The Kier molecular flexibility index (Phi) is 3.49. The second-order valence-electron chi connectivity index (χ2n) is 2.75. The molecule has 1 saturated heterocycles. The first-order valence-electron chi connectivity index (χ1n) is 4.22. The Labute approximate surface area is 71.5 Å². The summed E-state index contributed by atoms with van der Waals surface area (Å²) in [6.45, 7) is 2.63. The van der Waals surface area contributed by atoms with Crippen molar-refractivity contribution in [3.05, 3.63) is 0 Å². The maximum Gasteiger partial charge on any atom is 0.337 e. The predicted octanol–water partition coefficient (Wildman–Crippen LogP) is 0.0894. The van der Waals surface area contributed by atoms with E-state index in [0.29, 0.717) is 13.2 Å². The highest BCUT2D eigenvalue weighted by molar-refractivity contribution is 5.75. The zero-order valence-electron chi connectivity index (χ0n) is 7.16. The molecule has 4 heteroatoms. The molecule has 1 N–H and O–H groups in total. The Hall–Kier alpha value is -0.610. The van der Waals surface area contributed by atoms with E-state index < -0.39 is 12.1 Å². The molecule has 0 aromatic carbocycles. The van der Waals surface area contributed by atoms with Gasteiger partial charge in [0.05, 0.1) is 12.7 Å². The molecule has 70 valence electrons. The van der Waals surface area contributed by atoms with Crippen molar-refractivity contribution >= 4 is 5.97 Å². The number of hydrogen-bond acceptors (Lipinski definition) is 4. The molecule has 0 aliphatic carbocycles. The highest BCUT2D eigenvalue weighted by Crippen LogP contribution is 2.16. The van der Waals surface area contributed by atoms with E-state index in [0.717, 1.165) is 12.8 Å². The van der Waals surface area contributed by atoms with Crippen LogP contribution in [0.3, 0.4) is 0 Å². The lowest BCUT2D eigenvalue weighted by atomic mass is 10.1. The van der Waals surface area contributed by atoms with Crippen LogP contribution in [0, 0.1) is 0 Å². The van der Waals surface area contributed by atoms with Crippen molar-refractivity contribution in [2.45, 2.75) is 32.0 Å². The van der Waals surface area contributed by atoms with Gasteiger partial charge in [0.1, 0.15) is 0 Å². The summed E-state index contributed by atoms with van der Waals surface area (Å²) in [5.74, 6) is -0.579. The molecule has 0 aromatic heterocycles. The fraction of sp³-hybridized carbons (Fsp3) is 0.875. The van der Waals surface area contributed by atoms with Crippen LogP contribution in [0.15, 0.2) is 0 Å². The molecule has 0 radical (unpaired) electrons. The summed E-state index contributed by atoms with van der Waals surface area (Å²) in [6.07, 6.45) is 0.178. The van der Waals surface area contributed by atoms with E-state index in [1.807, 2.05) is 0 Å². The quantitative estimate of drug-likeness (QED) is 0.616. The van der Waals surface area contributed by atoms with E-state index in [9.17, 15) is 9.90 Å². The lowest BCUT2D eigenvalue weighted by molar-refractivity contribution is -0.159. The van der Waals surface area contributed by atoms with Crippen molar-refractivity contribution in [2.75, 3.05) is 13.2 Å². The van der Waals surface area contributed by atoms with Gasteiger partial charge in [-0.25, -0.2) is 4.79 Å². The second kappa shape index (κ2) is 4.42. The van der Waals surface area contributed by atoms with Crippen LogP contribution < -0.4 is 0 Å². The lowest BCUT2D eigenvalue weighted by Gasteiger charge is -2.15. The van der Waals surface area contributed by atoms with Gasteiger partial charge in [-0.05, 0) is 19.8 Å². The fourth-order valence-electron chi connectivity index (χ4n) is 1.23. The van der Waals surface area contributed by atoms with Gasteiger partial charge in [-0.3, -0.25) is 0 Å². The number of aliphatic hydroxyl groups is 1.